The molecule has 0 spiro atoms. The van der Waals surface area contributed by atoms with E-state index in [1.165, 1.54) is 27.8 Å². The average Bonchev–Trinajstić information content (AvgIpc) is 3.36. The molecule has 0 unspecified atom stereocenters. The summed E-state index contributed by atoms with van der Waals surface area (Å²) in [4.78, 5) is 24.6. The molecule has 0 fully saturated rings. The molecule has 0 radical (unpaired) electrons. The van der Waals surface area contributed by atoms with Gasteiger partial charge in [0.25, 0.3) is 5.91 Å². The van der Waals surface area contributed by atoms with E-state index < -0.39 is 10.0 Å². The standard InChI is InChI=1S/C30H28N4O3S2/c1-21-16-22(2)28-27(17-21)32-30(38-28)34(20-24-10-7-15-31-18-24)29(35)25-11-13-26(14-12-25)39(36,37)33(3)19-23-8-5-4-6-9-23/h4-18H,19-20H2,1-3H3. The lowest BCUT2D eigenvalue weighted by atomic mass is 10.1. The first-order valence-corrected chi connectivity index (χ1v) is 14.7. The molecule has 0 N–H and O–H groups in total. The Labute approximate surface area is 232 Å². The van der Waals surface area contributed by atoms with Gasteiger partial charge >= 0.3 is 0 Å². The highest BCUT2D eigenvalue weighted by Gasteiger charge is 2.25. The molecule has 198 valence electrons. The van der Waals surface area contributed by atoms with Crippen LogP contribution in [0.25, 0.3) is 10.2 Å². The number of amides is 1. The molecule has 1 amide bonds. The summed E-state index contributed by atoms with van der Waals surface area (Å²) in [6, 6.07) is 23.4. The van der Waals surface area contributed by atoms with E-state index in [9.17, 15) is 13.2 Å². The molecule has 0 saturated carbocycles. The molecule has 2 aromatic heterocycles. The number of carbonyl (C=O) groups is 1. The summed E-state index contributed by atoms with van der Waals surface area (Å²) >= 11 is 1.47. The molecule has 7 nitrogen and oxygen atoms in total. The first kappa shape index (κ1) is 26.7. The van der Waals surface area contributed by atoms with Crippen LogP contribution in [-0.2, 0) is 23.1 Å². The minimum absolute atomic E-state index is 0.127. The zero-order chi connectivity index (χ0) is 27.6. The smallest absolute Gasteiger partial charge is 0.260 e. The molecule has 0 saturated heterocycles. The number of hydrogen-bond donors (Lipinski definition) is 0. The zero-order valence-corrected chi connectivity index (χ0v) is 23.5. The van der Waals surface area contributed by atoms with E-state index in [0.29, 0.717) is 10.7 Å². The summed E-state index contributed by atoms with van der Waals surface area (Å²) in [5, 5.41) is 0.576. The number of fused-ring (bicyclic) bond motifs is 1. The van der Waals surface area contributed by atoms with Crippen molar-refractivity contribution in [1.29, 1.82) is 0 Å². The van der Waals surface area contributed by atoms with Crippen molar-refractivity contribution in [3.05, 3.63) is 119 Å². The van der Waals surface area contributed by atoms with Gasteiger partial charge in [0.2, 0.25) is 10.0 Å². The fraction of sp³-hybridized carbons (Fsp3) is 0.167. The van der Waals surface area contributed by atoms with Gasteiger partial charge in [-0.25, -0.2) is 13.4 Å². The lowest BCUT2D eigenvalue weighted by molar-refractivity contribution is 0.0985. The van der Waals surface area contributed by atoms with Crippen LogP contribution in [0.2, 0.25) is 0 Å². The number of anilines is 1. The van der Waals surface area contributed by atoms with Gasteiger partial charge in [0.15, 0.2) is 5.13 Å². The van der Waals surface area contributed by atoms with Crippen molar-refractivity contribution in [3.63, 3.8) is 0 Å². The van der Waals surface area contributed by atoms with E-state index in [1.807, 2.05) is 62.4 Å². The number of aryl methyl sites for hydroxylation is 2. The van der Waals surface area contributed by atoms with Crippen molar-refractivity contribution in [2.45, 2.75) is 31.8 Å². The van der Waals surface area contributed by atoms with Crippen molar-refractivity contribution in [3.8, 4) is 0 Å². The Hall–Kier alpha value is -3.92. The van der Waals surface area contributed by atoms with Gasteiger partial charge in [-0.05, 0) is 72.5 Å². The Kier molecular flexibility index (Phi) is 7.56. The van der Waals surface area contributed by atoms with E-state index in [2.05, 4.69) is 11.1 Å². The number of rotatable bonds is 8. The SMILES string of the molecule is Cc1cc(C)c2sc(N(Cc3cccnc3)C(=O)c3ccc(S(=O)(=O)N(C)Cc4ccccc4)cc3)nc2c1. The van der Waals surface area contributed by atoms with Crippen molar-refractivity contribution in [2.24, 2.45) is 0 Å². The number of sulfonamides is 1. The summed E-state index contributed by atoms with van der Waals surface area (Å²) in [6.07, 6.45) is 3.41. The molecule has 0 bridgehead atoms. The Morgan fingerprint density at radius 1 is 0.897 bits per heavy atom. The molecule has 5 rings (SSSR count). The van der Waals surface area contributed by atoms with Gasteiger partial charge in [-0.15, -0.1) is 0 Å². The summed E-state index contributed by atoms with van der Waals surface area (Å²) in [6.45, 7) is 4.60. The fourth-order valence-corrected chi connectivity index (χ4v) is 6.58. The van der Waals surface area contributed by atoms with E-state index >= 15 is 0 Å². The van der Waals surface area contributed by atoms with Gasteiger partial charge in [-0.1, -0.05) is 53.8 Å². The Balaban J connectivity index is 1.45. The normalized spacial score (nSPS) is 11.7. The van der Waals surface area contributed by atoms with Crippen LogP contribution in [0.5, 0.6) is 0 Å². The van der Waals surface area contributed by atoms with Crippen LogP contribution in [0.15, 0.2) is 96.2 Å². The maximum atomic E-state index is 13.8. The van der Waals surface area contributed by atoms with E-state index in [4.69, 9.17) is 4.98 Å². The van der Waals surface area contributed by atoms with Crippen LogP contribution in [0.1, 0.15) is 32.6 Å². The van der Waals surface area contributed by atoms with Gasteiger partial charge in [-0.3, -0.25) is 14.7 Å². The summed E-state index contributed by atoms with van der Waals surface area (Å²) in [5.74, 6) is -0.270. The second kappa shape index (κ2) is 11.1. The van der Waals surface area contributed by atoms with Crippen molar-refractivity contribution in [2.75, 3.05) is 11.9 Å². The fourth-order valence-electron chi connectivity index (χ4n) is 4.41. The molecule has 0 aliphatic carbocycles. The number of aromatic nitrogens is 2. The first-order valence-electron chi connectivity index (χ1n) is 12.4. The quantitative estimate of drug-likeness (QED) is 0.235. The lowest BCUT2D eigenvalue weighted by Gasteiger charge is -2.21. The molecule has 3 aromatic carbocycles. The maximum Gasteiger partial charge on any atom is 0.260 e. The number of thiazole rings is 1. The van der Waals surface area contributed by atoms with Crippen LogP contribution in [0.4, 0.5) is 5.13 Å². The Bertz CT molecular complexity index is 1720. The number of nitrogens with zero attached hydrogens (tertiary/aromatic N) is 4. The van der Waals surface area contributed by atoms with E-state index in [-0.39, 0.29) is 23.9 Å². The van der Waals surface area contributed by atoms with Gasteiger partial charge in [0.05, 0.1) is 21.7 Å². The molecule has 9 heteroatoms. The molecule has 5 aromatic rings. The van der Waals surface area contributed by atoms with Crippen molar-refractivity contribution >= 4 is 42.6 Å². The van der Waals surface area contributed by atoms with Gasteiger partial charge in [-0.2, -0.15) is 4.31 Å². The maximum absolute atomic E-state index is 13.8. The minimum atomic E-state index is -3.74. The first-order chi connectivity index (χ1) is 18.7. The Morgan fingerprint density at radius 2 is 1.62 bits per heavy atom. The van der Waals surface area contributed by atoms with Gasteiger partial charge in [0, 0.05) is 31.5 Å². The van der Waals surface area contributed by atoms with Gasteiger partial charge in [0.1, 0.15) is 0 Å². The average molecular weight is 557 g/mol. The van der Waals surface area contributed by atoms with Crippen LogP contribution >= 0.6 is 11.3 Å². The lowest BCUT2D eigenvalue weighted by Crippen LogP contribution is -2.30. The Morgan fingerprint density at radius 3 is 2.31 bits per heavy atom. The highest BCUT2D eigenvalue weighted by molar-refractivity contribution is 7.89. The highest BCUT2D eigenvalue weighted by Crippen LogP contribution is 2.33. The number of pyridine rings is 1. The van der Waals surface area contributed by atoms with Crippen LogP contribution in [0, 0.1) is 13.8 Å². The molecular formula is C30H28N4O3S2. The monoisotopic (exact) mass is 556 g/mol. The third kappa shape index (κ3) is 5.75. The largest absolute Gasteiger partial charge is 0.279 e. The van der Waals surface area contributed by atoms with Crippen LogP contribution < -0.4 is 4.90 Å². The zero-order valence-electron chi connectivity index (χ0n) is 21.9. The van der Waals surface area contributed by atoms with E-state index in [1.54, 1.807) is 36.5 Å². The topological polar surface area (TPSA) is 83.5 Å². The summed E-state index contributed by atoms with van der Waals surface area (Å²) in [5.41, 5.74) is 5.19. The molecule has 39 heavy (non-hydrogen) atoms. The number of hydrogen-bond acceptors (Lipinski definition) is 6. The molecule has 2 heterocycles. The van der Waals surface area contributed by atoms with Crippen molar-refractivity contribution < 1.29 is 13.2 Å². The van der Waals surface area contributed by atoms with Crippen LogP contribution in [0.3, 0.4) is 0 Å². The highest BCUT2D eigenvalue weighted by atomic mass is 32.2. The van der Waals surface area contributed by atoms with E-state index in [0.717, 1.165) is 32.5 Å². The second-order valence-corrected chi connectivity index (χ2v) is 12.5. The molecule has 0 atom stereocenters. The second-order valence-electron chi connectivity index (χ2n) is 9.45. The molecular weight excluding hydrogens is 528 g/mol. The third-order valence-corrected chi connectivity index (χ3v) is 9.45. The summed E-state index contributed by atoms with van der Waals surface area (Å²) < 4.78 is 28.7. The summed E-state index contributed by atoms with van der Waals surface area (Å²) in [7, 11) is -2.19. The van der Waals surface area contributed by atoms with Gasteiger partial charge < -0.3 is 0 Å². The molecule has 0 aliphatic heterocycles. The molecule has 0 aliphatic rings. The predicted molar refractivity (Wildman–Crippen MR) is 155 cm³/mol. The predicted octanol–water partition coefficient (Wildman–Crippen LogP) is 5.98. The minimum Gasteiger partial charge on any atom is -0.279 e. The number of carbonyl (C=O) groups excluding carboxylic acids is 1. The van der Waals surface area contributed by atoms with Crippen molar-refractivity contribution in [1.82, 2.24) is 14.3 Å². The number of benzene rings is 3. The van der Waals surface area contributed by atoms with Crippen LogP contribution in [-0.4, -0.2) is 35.6 Å². The third-order valence-electron chi connectivity index (χ3n) is 6.41.